The van der Waals surface area contributed by atoms with E-state index >= 15 is 0 Å². The van der Waals surface area contributed by atoms with Crippen molar-refractivity contribution in [1.82, 2.24) is 16.0 Å². The second kappa shape index (κ2) is 14.1. The molecule has 30 heavy (non-hydrogen) atoms. The van der Waals surface area contributed by atoms with Crippen LogP contribution in [0.2, 0.25) is 0 Å². The summed E-state index contributed by atoms with van der Waals surface area (Å²) in [5, 5.41) is 24.9. The van der Waals surface area contributed by atoms with Gasteiger partial charge in [0.25, 0.3) is 0 Å². The van der Waals surface area contributed by atoms with E-state index in [1.165, 1.54) is 0 Å². The van der Waals surface area contributed by atoms with Crippen LogP contribution in [0, 0.1) is 5.92 Å². The number of nitrogens with zero attached hydrogens (tertiary/aromatic N) is 1. The molecule has 0 aliphatic carbocycles. The highest BCUT2D eigenvalue weighted by Crippen LogP contribution is 2.03. The van der Waals surface area contributed by atoms with Crippen molar-refractivity contribution in [2.24, 2.45) is 28.1 Å². The Morgan fingerprint density at radius 1 is 1.03 bits per heavy atom. The summed E-state index contributed by atoms with van der Waals surface area (Å²) in [7, 11) is 0. The van der Waals surface area contributed by atoms with Crippen LogP contribution in [-0.4, -0.2) is 77.7 Å². The standard InChI is InChI=1S/C17H33N7O6/c1-9(2)6-10(18)14(27)22-7-13(26)23-11(4-3-5-21-17(19)20)15(28)24-12(8-25)16(29)30/h9-12,25H,3-8,18H2,1-2H3,(H,22,27)(H,23,26)(H,24,28)(H,29,30)(H4,19,20,21). The van der Waals surface area contributed by atoms with Crippen molar-refractivity contribution in [2.45, 2.75) is 51.2 Å². The molecule has 0 fully saturated rings. The van der Waals surface area contributed by atoms with E-state index in [1.54, 1.807) is 0 Å². The molecule has 3 unspecified atom stereocenters. The number of rotatable bonds is 14. The quantitative estimate of drug-likeness (QED) is 0.0775. The molecule has 0 aromatic rings. The molecular weight excluding hydrogens is 398 g/mol. The van der Waals surface area contributed by atoms with Crippen molar-refractivity contribution >= 4 is 29.7 Å². The Morgan fingerprint density at radius 3 is 2.17 bits per heavy atom. The van der Waals surface area contributed by atoms with Crippen molar-refractivity contribution in [3.8, 4) is 0 Å². The maximum absolute atomic E-state index is 12.4. The van der Waals surface area contributed by atoms with Gasteiger partial charge < -0.3 is 43.4 Å². The van der Waals surface area contributed by atoms with Gasteiger partial charge in [-0.05, 0) is 25.2 Å². The zero-order chi connectivity index (χ0) is 23.3. The average Bonchev–Trinajstić information content (AvgIpc) is 2.65. The van der Waals surface area contributed by atoms with Crippen LogP contribution in [-0.2, 0) is 19.2 Å². The molecule has 0 radical (unpaired) electrons. The first-order valence-electron chi connectivity index (χ1n) is 9.50. The summed E-state index contributed by atoms with van der Waals surface area (Å²) in [6.45, 7) is 2.76. The molecule has 0 heterocycles. The average molecular weight is 431 g/mol. The largest absolute Gasteiger partial charge is 0.480 e. The van der Waals surface area contributed by atoms with E-state index in [0.717, 1.165) is 0 Å². The first-order valence-corrected chi connectivity index (χ1v) is 9.50. The van der Waals surface area contributed by atoms with Gasteiger partial charge in [0.05, 0.1) is 19.2 Å². The Bertz CT molecular complexity index is 622. The second-order valence-electron chi connectivity index (χ2n) is 7.10. The summed E-state index contributed by atoms with van der Waals surface area (Å²) < 4.78 is 0. The predicted molar refractivity (Wildman–Crippen MR) is 109 cm³/mol. The van der Waals surface area contributed by atoms with Crippen LogP contribution in [0.4, 0.5) is 0 Å². The number of amides is 3. The van der Waals surface area contributed by atoms with E-state index in [2.05, 4.69) is 20.9 Å². The number of carbonyl (C=O) groups excluding carboxylic acids is 3. The zero-order valence-electron chi connectivity index (χ0n) is 17.3. The summed E-state index contributed by atoms with van der Waals surface area (Å²) >= 11 is 0. The monoisotopic (exact) mass is 431 g/mol. The minimum atomic E-state index is -1.52. The number of nitrogens with two attached hydrogens (primary N) is 3. The third-order valence-electron chi connectivity index (χ3n) is 3.88. The first kappa shape index (κ1) is 27.1. The molecule has 0 aromatic heterocycles. The van der Waals surface area contributed by atoms with Gasteiger partial charge in [-0.1, -0.05) is 13.8 Å². The number of hydrogen-bond donors (Lipinski definition) is 8. The minimum absolute atomic E-state index is 0.0902. The molecule has 0 saturated carbocycles. The molecular formula is C17H33N7O6. The number of aliphatic hydroxyl groups is 1. The SMILES string of the molecule is CC(C)CC(N)C(=O)NCC(=O)NC(CCCN=C(N)N)C(=O)NC(CO)C(=O)O. The van der Waals surface area contributed by atoms with Gasteiger partial charge >= 0.3 is 5.97 Å². The van der Waals surface area contributed by atoms with E-state index in [-0.39, 0.29) is 24.8 Å². The summed E-state index contributed by atoms with van der Waals surface area (Å²) in [6.07, 6.45) is 0.840. The van der Waals surface area contributed by atoms with Crippen molar-refractivity contribution in [2.75, 3.05) is 19.7 Å². The van der Waals surface area contributed by atoms with E-state index in [1.807, 2.05) is 13.8 Å². The van der Waals surface area contributed by atoms with Gasteiger partial charge in [0.2, 0.25) is 17.7 Å². The van der Waals surface area contributed by atoms with Crippen LogP contribution in [0.15, 0.2) is 4.99 Å². The number of aliphatic carboxylic acids is 1. The predicted octanol–water partition coefficient (Wildman–Crippen LogP) is -3.42. The zero-order valence-corrected chi connectivity index (χ0v) is 17.3. The van der Waals surface area contributed by atoms with Crippen LogP contribution in [0.3, 0.4) is 0 Å². The fourth-order valence-electron chi connectivity index (χ4n) is 2.39. The van der Waals surface area contributed by atoms with Gasteiger partial charge in [0, 0.05) is 6.54 Å². The van der Waals surface area contributed by atoms with E-state index in [0.29, 0.717) is 12.8 Å². The number of hydrogen-bond acceptors (Lipinski definition) is 7. The molecule has 0 bridgehead atoms. The number of carbonyl (C=O) groups is 4. The number of aliphatic imine (C=N–C) groups is 1. The highest BCUT2D eigenvalue weighted by Gasteiger charge is 2.26. The van der Waals surface area contributed by atoms with Crippen LogP contribution >= 0.6 is 0 Å². The van der Waals surface area contributed by atoms with Gasteiger partial charge in [-0.15, -0.1) is 0 Å². The topological polar surface area (TPSA) is 235 Å². The number of aliphatic hydroxyl groups excluding tert-OH is 1. The molecule has 11 N–H and O–H groups in total. The van der Waals surface area contributed by atoms with Crippen LogP contribution in [0.25, 0.3) is 0 Å². The molecule has 13 heteroatoms. The summed E-state index contributed by atoms with van der Waals surface area (Å²) in [5.74, 6) is -3.34. The van der Waals surface area contributed by atoms with Crippen LogP contribution in [0.1, 0.15) is 33.1 Å². The van der Waals surface area contributed by atoms with Gasteiger partial charge in [-0.3, -0.25) is 19.4 Å². The number of nitrogens with one attached hydrogen (secondary N) is 3. The normalized spacial score (nSPS) is 13.6. The fourth-order valence-corrected chi connectivity index (χ4v) is 2.39. The molecule has 0 rings (SSSR count). The molecule has 0 aromatic carbocycles. The van der Waals surface area contributed by atoms with Crippen molar-refractivity contribution in [3.05, 3.63) is 0 Å². The number of guanidine groups is 1. The minimum Gasteiger partial charge on any atom is -0.480 e. The lowest BCUT2D eigenvalue weighted by atomic mass is 10.0. The third kappa shape index (κ3) is 11.8. The maximum atomic E-state index is 12.4. The Hall–Kier alpha value is -2.93. The molecule has 0 saturated heterocycles. The number of carboxylic acids is 1. The van der Waals surface area contributed by atoms with Crippen molar-refractivity contribution < 1.29 is 29.4 Å². The summed E-state index contributed by atoms with van der Waals surface area (Å²) in [5.41, 5.74) is 16.2. The van der Waals surface area contributed by atoms with Gasteiger partial charge in [-0.25, -0.2) is 4.79 Å². The first-order chi connectivity index (χ1) is 14.0. The highest BCUT2D eigenvalue weighted by atomic mass is 16.4. The molecule has 0 aliphatic rings. The lowest BCUT2D eigenvalue weighted by molar-refractivity contribution is -0.143. The molecule has 3 amide bonds. The van der Waals surface area contributed by atoms with E-state index in [9.17, 15) is 19.2 Å². The summed E-state index contributed by atoms with van der Waals surface area (Å²) in [4.78, 5) is 51.2. The van der Waals surface area contributed by atoms with Gasteiger partial charge in [0.15, 0.2) is 5.96 Å². The van der Waals surface area contributed by atoms with Crippen molar-refractivity contribution in [3.63, 3.8) is 0 Å². The lowest BCUT2D eigenvalue weighted by Crippen LogP contribution is -2.54. The Balaban J connectivity index is 4.89. The smallest absolute Gasteiger partial charge is 0.328 e. The van der Waals surface area contributed by atoms with Gasteiger partial charge in [-0.2, -0.15) is 0 Å². The third-order valence-corrected chi connectivity index (χ3v) is 3.88. The molecule has 0 aliphatic heterocycles. The van der Waals surface area contributed by atoms with Gasteiger partial charge in [0.1, 0.15) is 12.1 Å². The van der Waals surface area contributed by atoms with E-state index < -0.39 is 55.0 Å². The fraction of sp³-hybridized carbons (Fsp3) is 0.706. The molecule has 3 atom stereocenters. The Morgan fingerprint density at radius 2 is 1.67 bits per heavy atom. The number of carboxylic acid groups (broad SMARTS) is 1. The van der Waals surface area contributed by atoms with Crippen LogP contribution < -0.4 is 33.2 Å². The van der Waals surface area contributed by atoms with Crippen LogP contribution in [0.5, 0.6) is 0 Å². The Kier molecular flexibility index (Phi) is 12.7. The second-order valence-corrected chi connectivity index (χ2v) is 7.10. The lowest BCUT2D eigenvalue weighted by Gasteiger charge is -2.21. The Labute approximate surface area is 174 Å². The van der Waals surface area contributed by atoms with E-state index in [4.69, 9.17) is 27.4 Å². The maximum Gasteiger partial charge on any atom is 0.328 e. The molecule has 172 valence electrons. The van der Waals surface area contributed by atoms with Crippen molar-refractivity contribution in [1.29, 1.82) is 0 Å². The summed E-state index contributed by atoms with van der Waals surface area (Å²) in [6, 6.07) is -3.41. The highest BCUT2D eigenvalue weighted by molar-refractivity contribution is 5.92. The molecule has 13 nitrogen and oxygen atoms in total. The molecule has 0 spiro atoms.